The van der Waals surface area contributed by atoms with Crippen LogP contribution in [0.2, 0.25) is 4.47 Å². The van der Waals surface area contributed by atoms with E-state index in [1.165, 1.54) is 28.2 Å². The number of nitrogens with one attached hydrogen (secondary N) is 1. The molecule has 0 aliphatic rings. The molecule has 1 aromatic carbocycles. The summed E-state index contributed by atoms with van der Waals surface area (Å²) in [6.07, 6.45) is 1.81. The third-order valence-electron chi connectivity index (χ3n) is 2.46. The molecule has 0 saturated carbocycles. The molecule has 0 spiro atoms. The van der Waals surface area contributed by atoms with Crippen LogP contribution in [0.25, 0.3) is 0 Å². The van der Waals surface area contributed by atoms with Crippen molar-refractivity contribution in [1.82, 2.24) is 4.98 Å². The molecule has 0 saturated heterocycles. The van der Waals surface area contributed by atoms with Crippen LogP contribution >= 0.6 is 38.9 Å². The lowest BCUT2D eigenvalue weighted by Gasteiger charge is -2.12. The Kier molecular flexibility index (Phi) is 4.07. The summed E-state index contributed by atoms with van der Waals surface area (Å²) in [5.74, 6) is 0. The van der Waals surface area contributed by atoms with Gasteiger partial charge >= 0.3 is 0 Å². The van der Waals surface area contributed by atoms with Gasteiger partial charge in [-0.2, -0.15) is 0 Å². The van der Waals surface area contributed by atoms with Gasteiger partial charge in [-0.25, -0.2) is 4.98 Å². The smallest absolute Gasteiger partial charge is 0.183 e. The molecule has 1 aromatic heterocycles. The highest BCUT2D eigenvalue weighted by Crippen LogP contribution is 2.26. The van der Waals surface area contributed by atoms with E-state index in [4.69, 9.17) is 11.6 Å². The zero-order valence-corrected chi connectivity index (χ0v) is 12.7. The van der Waals surface area contributed by atoms with Gasteiger partial charge in [-0.15, -0.1) is 11.3 Å². The molecule has 0 bridgehead atoms. The summed E-state index contributed by atoms with van der Waals surface area (Å²) in [7, 11) is 0. The Morgan fingerprint density at radius 3 is 2.53 bits per heavy atom. The quantitative estimate of drug-likeness (QED) is 0.875. The Morgan fingerprint density at radius 1 is 1.35 bits per heavy atom. The van der Waals surface area contributed by atoms with Gasteiger partial charge in [0, 0.05) is 21.2 Å². The number of anilines is 1. The monoisotopic (exact) mass is 330 g/mol. The Hall–Kier alpha value is -0.580. The molecule has 17 heavy (non-hydrogen) atoms. The van der Waals surface area contributed by atoms with E-state index in [0.29, 0.717) is 4.47 Å². The molecule has 2 nitrogen and oxygen atoms in total. The summed E-state index contributed by atoms with van der Waals surface area (Å²) in [5.41, 5.74) is 3.64. The highest BCUT2D eigenvalue weighted by molar-refractivity contribution is 9.10. The van der Waals surface area contributed by atoms with Crippen LogP contribution in [-0.4, -0.2) is 4.98 Å². The maximum atomic E-state index is 5.80. The number of hydrogen-bond acceptors (Lipinski definition) is 3. The Bertz CT molecular complexity index is 516. The predicted molar refractivity (Wildman–Crippen MR) is 78.1 cm³/mol. The lowest BCUT2D eigenvalue weighted by atomic mass is 10.1. The molecule has 90 valence electrons. The predicted octanol–water partition coefficient (Wildman–Crippen LogP) is 4.79. The minimum Gasteiger partial charge on any atom is -0.380 e. The van der Waals surface area contributed by atoms with E-state index in [1.807, 2.05) is 6.20 Å². The summed E-state index contributed by atoms with van der Waals surface area (Å²) in [6.45, 7) is 4.95. The molecule has 2 rings (SSSR count). The number of benzene rings is 1. The van der Waals surface area contributed by atoms with Gasteiger partial charge in [0.05, 0.1) is 6.54 Å². The van der Waals surface area contributed by atoms with Crippen molar-refractivity contribution in [3.63, 3.8) is 0 Å². The van der Waals surface area contributed by atoms with Crippen LogP contribution in [0.4, 0.5) is 5.69 Å². The number of nitrogens with zero attached hydrogens (tertiary/aromatic N) is 1. The zero-order valence-electron chi connectivity index (χ0n) is 9.55. The Labute approximate surface area is 118 Å². The molecule has 0 unspecified atom stereocenters. The van der Waals surface area contributed by atoms with Gasteiger partial charge in [0.2, 0.25) is 0 Å². The summed E-state index contributed by atoms with van der Waals surface area (Å²) in [6, 6.07) is 4.21. The fourth-order valence-corrected chi connectivity index (χ4v) is 3.33. The van der Waals surface area contributed by atoms with Crippen LogP contribution in [-0.2, 0) is 6.54 Å². The van der Waals surface area contributed by atoms with Crippen LogP contribution in [0.15, 0.2) is 22.8 Å². The van der Waals surface area contributed by atoms with Gasteiger partial charge in [-0.1, -0.05) is 27.5 Å². The van der Waals surface area contributed by atoms with Crippen molar-refractivity contribution < 1.29 is 0 Å². The van der Waals surface area contributed by atoms with E-state index in [1.54, 1.807) is 0 Å². The SMILES string of the molecule is Cc1cc(Br)cc(C)c1NCc1cnc(Cl)s1. The number of aryl methyl sites for hydroxylation is 2. The topological polar surface area (TPSA) is 24.9 Å². The fraction of sp³-hybridized carbons (Fsp3) is 0.250. The lowest BCUT2D eigenvalue weighted by Crippen LogP contribution is -2.01. The minimum atomic E-state index is 0.589. The molecular weight excluding hydrogens is 320 g/mol. The summed E-state index contributed by atoms with van der Waals surface area (Å²) < 4.78 is 1.70. The van der Waals surface area contributed by atoms with Crippen LogP contribution in [0.5, 0.6) is 0 Å². The van der Waals surface area contributed by atoms with E-state index >= 15 is 0 Å². The highest BCUT2D eigenvalue weighted by Gasteiger charge is 2.05. The van der Waals surface area contributed by atoms with Gasteiger partial charge < -0.3 is 5.32 Å². The van der Waals surface area contributed by atoms with Crippen molar-refractivity contribution in [2.45, 2.75) is 20.4 Å². The van der Waals surface area contributed by atoms with Crippen molar-refractivity contribution in [3.8, 4) is 0 Å². The Morgan fingerprint density at radius 2 is 2.00 bits per heavy atom. The second kappa shape index (κ2) is 5.38. The first-order valence-corrected chi connectivity index (χ1v) is 7.16. The normalized spacial score (nSPS) is 10.6. The maximum Gasteiger partial charge on any atom is 0.183 e. The molecule has 2 aromatic rings. The number of hydrogen-bond donors (Lipinski definition) is 1. The molecule has 0 aliphatic carbocycles. The van der Waals surface area contributed by atoms with Crippen molar-refractivity contribution in [2.24, 2.45) is 0 Å². The standard InChI is InChI=1S/C12H12BrClN2S/c1-7-3-9(13)4-8(2)11(7)15-5-10-6-16-12(14)17-10/h3-4,6,15H,5H2,1-2H3. The molecule has 1 heterocycles. The van der Waals surface area contributed by atoms with E-state index in [0.717, 1.165) is 15.9 Å². The van der Waals surface area contributed by atoms with Gasteiger partial charge in [-0.05, 0) is 37.1 Å². The molecule has 0 radical (unpaired) electrons. The van der Waals surface area contributed by atoms with E-state index in [9.17, 15) is 0 Å². The first-order valence-electron chi connectivity index (χ1n) is 5.17. The fourth-order valence-electron chi connectivity index (χ4n) is 1.73. The average Bonchev–Trinajstić information content (AvgIpc) is 2.62. The molecular formula is C12H12BrClN2S. The first kappa shape index (κ1) is 12.9. The van der Waals surface area contributed by atoms with Crippen LogP contribution in [0, 0.1) is 13.8 Å². The third-order valence-corrected chi connectivity index (χ3v) is 4.03. The molecule has 5 heteroatoms. The number of thiazole rings is 1. The van der Waals surface area contributed by atoms with Crippen LogP contribution < -0.4 is 5.32 Å². The van der Waals surface area contributed by atoms with Crippen molar-refractivity contribution >= 4 is 44.6 Å². The maximum absolute atomic E-state index is 5.80. The summed E-state index contributed by atoms with van der Waals surface area (Å²) >= 11 is 10.8. The van der Waals surface area contributed by atoms with Crippen LogP contribution in [0.1, 0.15) is 16.0 Å². The molecule has 0 atom stereocenters. The van der Waals surface area contributed by atoms with Gasteiger partial charge in [-0.3, -0.25) is 0 Å². The van der Waals surface area contributed by atoms with Crippen LogP contribution in [0.3, 0.4) is 0 Å². The van der Waals surface area contributed by atoms with Crippen molar-refractivity contribution in [1.29, 1.82) is 0 Å². The van der Waals surface area contributed by atoms with E-state index in [2.05, 4.69) is 52.2 Å². The molecule has 0 fully saturated rings. The first-order chi connectivity index (χ1) is 8.06. The van der Waals surface area contributed by atoms with Gasteiger partial charge in [0.1, 0.15) is 0 Å². The number of aromatic nitrogens is 1. The number of halogens is 2. The second-order valence-electron chi connectivity index (χ2n) is 3.85. The van der Waals surface area contributed by atoms with Crippen molar-refractivity contribution in [3.05, 3.63) is 43.3 Å². The zero-order chi connectivity index (χ0) is 12.4. The largest absolute Gasteiger partial charge is 0.380 e. The molecule has 1 N–H and O–H groups in total. The van der Waals surface area contributed by atoms with Gasteiger partial charge in [0.25, 0.3) is 0 Å². The Balaban J connectivity index is 2.14. The molecule has 0 amide bonds. The highest BCUT2D eigenvalue weighted by atomic mass is 79.9. The lowest BCUT2D eigenvalue weighted by molar-refractivity contribution is 1.15. The molecule has 0 aliphatic heterocycles. The summed E-state index contributed by atoms with van der Waals surface area (Å²) in [4.78, 5) is 5.16. The average molecular weight is 332 g/mol. The summed E-state index contributed by atoms with van der Waals surface area (Å²) in [5, 5.41) is 3.43. The van der Waals surface area contributed by atoms with Crippen molar-refractivity contribution in [2.75, 3.05) is 5.32 Å². The third kappa shape index (κ3) is 3.21. The van der Waals surface area contributed by atoms with Gasteiger partial charge in [0.15, 0.2) is 4.47 Å². The second-order valence-corrected chi connectivity index (χ2v) is 6.46. The number of rotatable bonds is 3. The minimum absolute atomic E-state index is 0.589. The van der Waals surface area contributed by atoms with E-state index in [-0.39, 0.29) is 0 Å². The van der Waals surface area contributed by atoms with E-state index < -0.39 is 0 Å².